The summed E-state index contributed by atoms with van der Waals surface area (Å²) >= 11 is 0. The molecule has 7 heteroatoms. The van der Waals surface area contributed by atoms with E-state index in [9.17, 15) is 13.2 Å². The van der Waals surface area contributed by atoms with Gasteiger partial charge in [0.1, 0.15) is 5.76 Å². The highest BCUT2D eigenvalue weighted by atomic mass is 19.4. The third-order valence-corrected chi connectivity index (χ3v) is 2.35. The molecule has 0 bridgehead atoms. The number of benzene rings is 1. The van der Waals surface area contributed by atoms with Crippen LogP contribution in [0.2, 0.25) is 0 Å². The van der Waals surface area contributed by atoms with Gasteiger partial charge in [0, 0.05) is 5.56 Å². The number of hydrogen-bond acceptors (Lipinski definition) is 2. The number of halogens is 3. The molecule has 1 aromatic carbocycles. The van der Waals surface area contributed by atoms with Crippen molar-refractivity contribution in [2.45, 2.75) is 6.18 Å². The van der Waals surface area contributed by atoms with E-state index < -0.39 is 11.7 Å². The van der Waals surface area contributed by atoms with Crippen molar-refractivity contribution in [2.24, 2.45) is 16.5 Å². The Labute approximate surface area is 106 Å². The Balaban J connectivity index is 2.59. The van der Waals surface area contributed by atoms with Gasteiger partial charge in [0.25, 0.3) is 0 Å². The molecule has 0 aliphatic carbocycles. The summed E-state index contributed by atoms with van der Waals surface area (Å²) in [5, 5.41) is 0. The Morgan fingerprint density at radius 2 is 1.89 bits per heavy atom. The number of hydrogen-bond donors (Lipinski definition) is 2. The minimum atomic E-state index is -4.53. The first-order chi connectivity index (χ1) is 8.88. The lowest BCUT2D eigenvalue weighted by Gasteiger charge is -2.12. The minimum absolute atomic E-state index is 0.0302. The largest absolute Gasteiger partial charge is 0.464 e. The second-order valence-electron chi connectivity index (χ2n) is 3.74. The molecule has 0 aliphatic rings. The number of alkyl halides is 3. The van der Waals surface area contributed by atoms with Crippen molar-refractivity contribution >= 4 is 11.6 Å². The van der Waals surface area contributed by atoms with E-state index in [2.05, 4.69) is 4.99 Å². The zero-order valence-corrected chi connectivity index (χ0v) is 9.61. The van der Waals surface area contributed by atoms with E-state index in [0.29, 0.717) is 0 Å². The van der Waals surface area contributed by atoms with Crippen LogP contribution in [-0.2, 0) is 6.18 Å². The van der Waals surface area contributed by atoms with Gasteiger partial charge in [-0.15, -0.1) is 0 Å². The minimum Gasteiger partial charge on any atom is -0.464 e. The van der Waals surface area contributed by atoms with Gasteiger partial charge >= 0.3 is 6.18 Å². The van der Waals surface area contributed by atoms with Crippen LogP contribution in [0.15, 0.2) is 46.0 Å². The maximum Gasteiger partial charge on any atom is 0.417 e. The Morgan fingerprint density at radius 1 is 1.16 bits per heavy atom. The Kier molecular flexibility index (Phi) is 3.20. The van der Waals surface area contributed by atoms with Crippen molar-refractivity contribution < 1.29 is 17.6 Å². The Bertz CT molecular complexity index is 599. The Hall–Kier alpha value is -2.44. The van der Waals surface area contributed by atoms with Gasteiger partial charge in [-0.3, -0.25) is 0 Å². The highest BCUT2D eigenvalue weighted by Crippen LogP contribution is 2.39. The summed E-state index contributed by atoms with van der Waals surface area (Å²) in [6, 6.07) is 6.48. The van der Waals surface area contributed by atoms with Gasteiger partial charge in [0.05, 0.1) is 17.5 Å². The Morgan fingerprint density at radius 3 is 2.42 bits per heavy atom. The predicted octanol–water partition coefficient (Wildman–Crippen LogP) is 2.87. The lowest BCUT2D eigenvalue weighted by Crippen LogP contribution is -2.22. The molecule has 0 aliphatic heterocycles. The van der Waals surface area contributed by atoms with Crippen molar-refractivity contribution in [3.63, 3.8) is 0 Å². The lowest BCUT2D eigenvalue weighted by atomic mass is 10.0. The molecule has 4 N–H and O–H groups in total. The first-order valence-corrected chi connectivity index (χ1v) is 5.22. The van der Waals surface area contributed by atoms with E-state index in [1.807, 2.05) is 0 Å². The predicted molar refractivity (Wildman–Crippen MR) is 64.6 cm³/mol. The maximum absolute atomic E-state index is 13.0. The standard InChI is InChI=1S/C12H10F3N3O/c13-12(14,15)9-6-7(18-11(16)17)3-4-8(9)10-2-1-5-19-10/h1-6H,(H4,16,17,18). The van der Waals surface area contributed by atoms with Gasteiger partial charge in [-0.2, -0.15) is 13.2 Å². The molecule has 4 nitrogen and oxygen atoms in total. The number of guanidine groups is 1. The van der Waals surface area contributed by atoms with Crippen LogP contribution < -0.4 is 11.5 Å². The van der Waals surface area contributed by atoms with E-state index in [1.165, 1.54) is 30.5 Å². The van der Waals surface area contributed by atoms with Crippen LogP contribution in [0.3, 0.4) is 0 Å². The van der Waals surface area contributed by atoms with Crippen LogP contribution in [0.5, 0.6) is 0 Å². The van der Waals surface area contributed by atoms with Crippen LogP contribution in [0.1, 0.15) is 5.56 Å². The SMILES string of the molecule is NC(N)=Nc1ccc(-c2ccco2)c(C(F)(F)F)c1. The van der Waals surface area contributed by atoms with Gasteiger partial charge in [0.2, 0.25) is 0 Å². The average Bonchev–Trinajstić information content (AvgIpc) is 2.80. The fourth-order valence-corrected chi connectivity index (χ4v) is 1.63. The number of nitrogens with zero attached hydrogens (tertiary/aromatic N) is 1. The topological polar surface area (TPSA) is 77.5 Å². The van der Waals surface area contributed by atoms with Gasteiger partial charge in [-0.05, 0) is 30.3 Å². The second kappa shape index (κ2) is 4.68. The molecule has 0 atom stereocenters. The van der Waals surface area contributed by atoms with Crippen LogP contribution in [0.4, 0.5) is 18.9 Å². The smallest absolute Gasteiger partial charge is 0.417 e. The summed E-state index contributed by atoms with van der Waals surface area (Å²) in [4.78, 5) is 3.60. The summed E-state index contributed by atoms with van der Waals surface area (Å²) in [6.07, 6.45) is -3.23. The van der Waals surface area contributed by atoms with E-state index in [1.54, 1.807) is 0 Å². The van der Waals surface area contributed by atoms with E-state index in [0.717, 1.165) is 6.07 Å². The average molecular weight is 269 g/mol. The highest BCUT2D eigenvalue weighted by molar-refractivity contribution is 5.79. The van der Waals surface area contributed by atoms with Gasteiger partial charge < -0.3 is 15.9 Å². The molecule has 0 amide bonds. The molecular weight excluding hydrogens is 259 g/mol. The highest BCUT2D eigenvalue weighted by Gasteiger charge is 2.34. The monoisotopic (exact) mass is 269 g/mol. The van der Waals surface area contributed by atoms with E-state index in [4.69, 9.17) is 15.9 Å². The first-order valence-electron chi connectivity index (χ1n) is 5.22. The lowest BCUT2D eigenvalue weighted by molar-refractivity contribution is -0.137. The maximum atomic E-state index is 13.0. The molecule has 19 heavy (non-hydrogen) atoms. The fourth-order valence-electron chi connectivity index (χ4n) is 1.63. The quantitative estimate of drug-likeness (QED) is 0.650. The van der Waals surface area contributed by atoms with Gasteiger partial charge in [-0.1, -0.05) is 0 Å². The normalized spacial score (nSPS) is 11.3. The van der Waals surface area contributed by atoms with Gasteiger partial charge in [0.15, 0.2) is 5.96 Å². The molecule has 100 valence electrons. The summed E-state index contributed by atoms with van der Waals surface area (Å²) in [5.74, 6) is -0.178. The van der Waals surface area contributed by atoms with Crippen LogP contribution in [0, 0.1) is 0 Å². The molecule has 0 saturated heterocycles. The molecular formula is C12H10F3N3O. The van der Waals surface area contributed by atoms with Crippen molar-refractivity contribution in [3.8, 4) is 11.3 Å². The molecule has 0 spiro atoms. The van der Waals surface area contributed by atoms with E-state index in [-0.39, 0.29) is 23.0 Å². The zero-order valence-electron chi connectivity index (χ0n) is 9.61. The third kappa shape index (κ3) is 2.87. The molecule has 1 aromatic heterocycles. The molecule has 0 saturated carbocycles. The summed E-state index contributed by atoms with van der Waals surface area (Å²) in [5.41, 5.74) is 9.40. The van der Waals surface area contributed by atoms with Gasteiger partial charge in [-0.25, -0.2) is 4.99 Å². The molecule has 0 radical (unpaired) electrons. The first kappa shape index (κ1) is 13.0. The van der Waals surface area contributed by atoms with Crippen molar-refractivity contribution in [3.05, 3.63) is 42.2 Å². The summed E-state index contributed by atoms with van der Waals surface area (Å²) < 4.78 is 44.0. The molecule has 2 aromatic rings. The fraction of sp³-hybridized carbons (Fsp3) is 0.0833. The number of nitrogens with two attached hydrogens (primary N) is 2. The van der Waals surface area contributed by atoms with Crippen LogP contribution in [0.25, 0.3) is 11.3 Å². The second-order valence-corrected chi connectivity index (χ2v) is 3.74. The molecule has 1 heterocycles. The molecule has 2 rings (SSSR count). The molecule has 0 fully saturated rings. The van der Waals surface area contributed by atoms with E-state index >= 15 is 0 Å². The van der Waals surface area contributed by atoms with Crippen molar-refractivity contribution in [1.82, 2.24) is 0 Å². The number of furan rings is 1. The van der Waals surface area contributed by atoms with Crippen molar-refractivity contribution in [1.29, 1.82) is 0 Å². The van der Waals surface area contributed by atoms with Crippen molar-refractivity contribution in [2.75, 3.05) is 0 Å². The third-order valence-electron chi connectivity index (χ3n) is 2.35. The number of aliphatic imine (C=N–C) groups is 1. The molecule has 0 unspecified atom stereocenters. The summed E-state index contributed by atoms with van der Waals surface area (Å²) in [6.45, 7) is 0. The zero-order chi connectivity index (χ0) is 14.0. The number of rotatable bonds is 2. The summed E-state index contributed by atoms with van der Waals surface area (Å²) in [7, 11) is 0. The van der Waals surface area contributed by atoms with Crippen LogP contribution in [-0.4, -0.2) is 5.96 Å². The van der Waals surface area contributed by atoms with Crippen LogP contribution >= 0.6 is 0 Å².